The molecule has 0 spiro atoms. The van der Waals surface area contributed by atoms with Gasteiger partial charge in [0, 0.05) is 6.42 Å². The van der Waals surface area contributed by atoms with Crippen molar-refractivity contribution in [3.8, 4) is 23.3 Å². The summed E-state index contributed by atoms with van der Waals surface area (Å²) >= 11 is 1.58. The Morgan fingerprint density at radius 2 is 1.94 bits per heavy atom. The van der Waals surface area contributed by atoms with E-state index in [4.69, 9.17) is 14.2 Å². The molecule has 1 atom stereocenters. The van der Waals surface area contributed by atoms with E-state index in [9.17, 15) is 10.1 Å². The Morgan fingerprint density at radius 3 is 2.66 bits per heavy atom. The summed E-state index contributed by atoms with van der Waals surface area (Å²) in [7, 11) is 3.16. The number of amides is 1. The summed E-state index contributed by atoms with van der Waals surface area (Å²) in [6.07, 6.45) is 0.566. The number of methoxy groups -OCH3 is 2. The van der Waals surface area contributed by atoms with E-state index in [2.05, 4.69) is 11.2 Å². The lowest BCUT2D eigenvalue weighted by Gasteiger charge is -2.23. The minimum absolute atomic E-state index is 0.232. The monoisotopic (exact) mass is 447 g/mol. The molecule has 7 nitrogen and oxygen atoms in total. The van der Waals surface area contributed by atoms with Crippen molar-refractivity contribution in [3.63, 3.8) is 0 Å². The fourth-order valence-corrected chi connectivity index (χ4v) is 4.26. The second kappa shape index (κ2) is 9.54. The molecule has 3 aromatic rings. The molecule has 0 aliphatic carbocycles. The Labute approximate surface area is 190 Å². The molecule has 0 N–H and O–H groups in total. The van der Waals surface area contributed by atoms with E-state index in [-0.39, 0.29) is 18.6 Å². The van der Waals surface area contributed by atoms with Gasteiger partial charge in [-0.15, -0.1) is 11.3 Å². The number of hydrogen-bond donors (Lipinski definition) is 0. The van der Waals surface area contributed by atoms with Crippen LogP contribution in [0.3, 0.4) is 0 Å². The third-order valence-electron chi connectivity index (χ3n) is 5.12. The maximum Gasteiger partial charge on any atom is 0.281 e. The number of thiophene rings is 1. The van der Waals surface area contributed by atoms with E-state index < -0.39 is 0 Å². The molecule has 1 aliphatic heterocycles. The molecule has 0 saturated carbocycles. The standard InChI is InChI=1S/C24H21N3O4S/c1-29-21-10-9-16(12-22(21)30-2)19-13-18(23-8-5-11-32-23)26-27(19)24(28)15-31-20-7-4-3-6-17(20)14-25/h3-12,19H,13,15H2,1-2H3. The summed E-state index contributed by atoms with van der Waals surface area (Å²) < 4.78 is 16.5. The van der Waals surface area contributed by atoms with Gasteiger partial charge in [0.05, 0.1) is 36.4 Å². The second-order valence-corrected chi connectivity index (χ2v) is 7.94. The quantitative estimate of drug-likeness (QED) is 0.536. The van der Waals surface area contributed by atoms with Crippen LogP contribution in [-0.4, -0.2) is 37.5 Å². The molecule has 0 radical (unpaired) electrons. The number of rotatable bonds is 7. The molecule has 1 aliphatic rings. The molecule has 1 amide bonds. The maximum absolute atomic E-state index is 13.2. The number of nitrogens with zero attached hydrogens (tertiary/aromatic N) is 3. The molecule has 0 saturated heterocycles. The maximum atomic E-state index is 13.2. The van der Waals surface area contributed by atoms with E-state index in [0.29, 0.717) is 29.2 Å². The van der Waals surface area contributed by atoms with E-state index in [1.165, 1.54) is 5.01 Å². The molecule has 2 aromatic carbocycles. The molecule has 0 bridgehead atoms. The summed E-state index contributed by atoms with van der Waals surface area (Å²) in [4.78, 5) is 14.2. The molecular weight excluding hydrogens is 426 g/mol. The van der Waals surface area contributed by atoms with Crippen molar-refractivity contribution in [1.29, 1.82) is 5.26 Å². The minimum atomic E-state index is -0.311. The van der Waals surface area contributed by atoms with Gasteiger partial charge in [-0.3, -0.25) is 4.79 Å². The SMILES string of the molecule is COc1ccc(C2CC(c3cccs3)=NN2C(=O)COc2ccccc2C#N)cc1OC. The predicted octanol–water partition coefficient (Wildman–Crippen LogP) is 4.39. The number of carbonyl (C=O) groups is 1. The van der Waals surface area contributed by atoms with Crippen molar-refractivity contribution in [2.75, 3.05) is 20.8 Å². The molecular formula is C24H21N3O4S. The number of para-hydroxylation sites is 1. The minimum Gasteiger partial charge on any atom is -0.493 e. The highest BCUT2D eigenvalue weighted by atomic mass is 32.1. The molecule has 4 rings (SSSR count). The first-order chi connectivity index (χ1) is 15.6. The fourth-order valence-electron chi connectivity index (χ4n) is 3.54. The van der Waals surface area contributed by atoms with Crippen LogP contribution in [0.15, 0.2) is 65.1 Å². The van der Waals surface area contributed by atoms with Crippen molar-refractivity contribution in [1.82, 2.24) is 5.01 Å². The summed E-state index contributed by atoms with van der Waals surface area (Å²) in [5, 5.41) is 17.3. The summed E-state index contributed by atoms with van der Waals surface area (Å²) in [5.74, 6) is 1.26. The fraction of sp³-hybridized carbons (Fsp3) is 0.208. The van der Waals surface area contributed by atoms with E-state index in [1.807, 2.05) is 35.7 Å². The zero-order valence-electron chi connectivity index (χ0n) is 17.6. The van der Waals surface area contributed by atoms with Gasteiger partial charge in [0.15, 0.2) is 18.1 Å². The van der Waals surface area contributed by atoms with Gasteiger partial charge in [-0.05, 0) is 41.3 Å². The summed E-state index contributed by atoms with van der Waals surface area (Å²) in [6, 6.07) is 18.1. The van der Waals surface area contributed by atoms with Crippen LogP contribution in [0.1, 0.15) is 28.5 Å². The average Bonchev–Trinajstić information content (AvgIpc) is 3.52. The lowest BCUT2D eigenvalue weighted by molar-refractivity contribution is -0.135. The largest absolute Gasteiger partial charge is 0.493 e. The van der Waals surface area contributed by atoms with E-state index in [0.717, 1.165) is 16.2 Å². The first kappa shape index (κ1) is 21.4. The summed E-state index contributed by atoms with van der Waals surface area (Å²) in [6.45, 7) is -0.232. The van der Waals surface area contributed by atoms with Crippen LogP contribution in [-0.2, 0) is 4.79 Å². The highest BCUT2D eigenvalue weighted by molar-refractivity contribution is 7.12. The van der Waals surface area contributed by atoms with Crippen molar-refractivity contribution in [2.24, 2.45) is 5.10 Å². The van der Waals surface area contributed by atoms with Gasteiger partial charge >= 0.3 is 0 Å². The van der Waals surface area contributed by atoms with Crippen molar-refractivity contribution >= 4 is 23.0 Å². The highest BCUT2D eigenvalue weighted by Gasteiger charge is 2.34. The topological polar surface area (TPSA) is 84.1 Å². The zero-order valence-corrected chi connectivity index (χ0v) is 18.5. The average molecular weight is 448 g/mol. The Hall–Kier alpha value is -3.83. The number of hydrazone groups is 1. The van der Waals surface area contributed by atoms with Crippen molar-refractivity contribution < 1.29 is 19.0 Å². The molecule has 0 fully saturated rings. The number of nitriles is 1. The first-order valence-electron chi connectivity index (χ1n) is 9.92. The zero-order chi connectivity index (χ0) is 22.5. The van der Waals surface area contributed by atoms with Crippen LogP contribution in [0.25, 0.3) is 0 Å². The van der Waals surface area contributed by atoms with Gasteiger partial charge in [0.1, 0.15) is 11.8 Å². The van der Waals surface area contributed by atoms with E-state index >= 15 is 0 Å². The van der Waals surface area contributed by atoms with Crippen LogP contribution in [0.2, 0.25) is 0 Å². The van der Waals surface area contributed by atoms with Gasteiger partial charge in [-0.1, -0.05) is 24.3 Å². The van der Waals surface area contributed by atoms with E-state index in [1.54, 1.807) is 49.8 Å². The van der Waals surface area contributed by atoms with Crippen LogP contribution in [0, 0.1) is 11.3 Å². The molecule has 162 valence electrons. The highest BCUT2D eigenvalue weighted by Crippen LogP contribution is 2.38. The summed E-state index contributed by atoms with van der Waals surface area (Å²) in [5.41, 5.74) is 2.09. The molecule has 8 heteroatoms. The van der Waals surface area contributed by atoms with Gasteiger partial charge in [-0.25, -0.2) is 5.01 Å². The van der Waals surface area contributed by atoms with Crippen LogP contribution >= 0.6 is 11.3 Å². The smallest absolute Gasteiger partial charge is 0.281 e. The predicted molar refractivity (Wildman–Crippen MR) is 121 cm³/mol. The van der Waals surface area contributed by atoms with Gasteiger partial charge in [0.25, 0.3) is 5.91 Å². The molecule has 2 heterocycles. The molecule has 1 unspecified atom stereocenters. The first-order valence-corrected chi connectivity index (χ1v) is 10.8. The Bertz CT molecular complexity index is 1180. The normalized spacial score (nSPS) is 15.1. The second-order valence-electron chi connectivity index (χ2n) is 6.99. The number of carbonyl (C=O) groups excluding carboxylic acids is 1. The third-order valence-corrected chi connectivity index (χ3v) is 6.04. The van der Waals surface area contributed by atoms with Crippen molar-refractivity contribution in [3.05, 3.63) is 76.0 Å². The Balaban J connectivity index is 1.61. The number of benzene rings is 2. The third kappa shape index (κ3) is 4.29. The molecule has 1 aromatic heterocycles. The lowest BCUT2D eigenvalue weighted by atomic mass is 10.0. The Kier molecular flexibility index (Phi) is 6.38. The van der Waals surface area contributed by atoms with Gasteiger partial charge in [-0.2, -0.15) is 10.4 Å². The van der Waals surface area contributed by atoms with Crippen LogP contribution in [0.4, 0.5) is 0 Å². The molecule has 32 heavy (non-hydrogen) atoms. The Morgan fingerprint density at radius 1 is 1.12 bits per heavy atom. The van der Waals surface area contributed by atoms with Gasteiger partial charge < -0.3 is 14.2 Å². The number of hydrogen-bond acceptors (Lipinski definition) is 7. The number of ether oxygens (including phenoxy) is 3. The van der Waals surface area contributed by atoms with Crippen molar-refractivity contribution in [2.45, 2.75) is 12.5 Å². The van der Waals surface area contributed by atoms with Crippen LogP contribution < -0.4 is 14.2 Å². The van der Waals surface area contributed by atoms with Crippen LogP contribution in [0.5, 0.6) is 17.2 Å². The lowest BCUT2D eigenvalue weighted by Crippen LogP contribution is -2.31. The van der Waals surface area contributed by atoms with Gasteiger partial charge in [0.2, 0.25) is 0 Å².